The molecular weight excluding hydrogens is 922 g/mol. The van der Waals surface area contributed by atoms with Crippen LogP contribution in [-0.2, 0) is 10.8 Å². The minimum atomic E-state index is -0.356. The molecule has 2 aliphatic rings. The maximum atomic E-state index is 15.2. The van der Waals surface area contributed by atoms with Crippen molar-refractivity contribution in [2.45, 2.75) is 52.4 Å². The van der Waals surface area contributed by atoms with E-state index in [2.05, 4.69) is 107 Å². The fraction of sp³-hybridized carbons (Fsp3) is 0.208. The van der Waals surface area contributed by atoms with Gasteiger partial charge in [0.05, 0.1) is 78.1 Å². The van der Waals surface area contributed by atoms with E-state index in [1.54, 1.807) is 30.6 Å². The lowest BCUT2D eigenvalue weighted by atomic mass is 9.91. The van der Waals surface area contributed by atoms with Crippen molar-refractivity contribution in [3.05, 3.63) is 158 Å². The lowest BCUT2D eigenvalue weighted by molar-refractivity contribution is 0.553. The van der Waals surface area contributed by atoms with Crippen LogP contribution < -0.4 is 10.2 Å². The van der Waals surface area contributed by atoms with Crippen LogP contribution in [0.15, 0.2) is 119 Å². The van der Waals surface area contributed by atoms with Crippen LogP contribution in [0.1, 0.15) is 50.2 Å². The van der Waals surface area contributed by atoms with Crippen molar-refractivity contribution in [3.63, 3.8) is 0 Å². The van der Waals surface area contributed by atoms with Crippen LogP contribution in [0.3, 0.4) is 0 Å². The highest BCUT2D eigenvalue weighted by atomic mass is 79.9. The van der Waals surface area contributed by atoms with Gasteiger partial charge >= 0.3 is 0 Å². The molecule has 8 heterocycles. The van der Waals surface area contributed by atoms with Gasteiger partial charge in [-0.2, -0.15) is 0 Å². The Hall–Kier alpha value is -5.43. The SMILES string of the molecule is CC1(C)CNc2cc(Br)cnc21.Cc1c(-c2ccccn2)nc2cccc(F)c2c1Cl.Cc1c(-c2ccccn2)nc2cccc(F)c2c1N1CC(C)(C)c2ncc(Br)cc21. The minimum Gasteiger partial charge on any atom is -0.383 e. The molecule has 308 valence electrons. The van der Waals surface area contributed by atoms with Gasteiger partial charge in [0, 0.05) is 63.2 Å². The summed E-state index contributed by atoms with van der Waals surface area (Å²) in [6.07, 6.45) is 7.12. The Labute approximate surface area is 375 Å². The Bertz CT molecular complexity index is 2950. The van der Waals surface area contributed by atoms with Gasteiger partial charge in [-0.25, -0.2) is 18.7 Å². The van der Waals surface area contributed by atoms with Gasteiger partial charge < -0.3 is 10.2 Å². The Morgan fingerprint density at radius 3 is 1.82 bits per heavy atom. The molecule has 10 rings (SSSR count). The number of fused-ring (bicyclic) bond motifs is 4. The van der Waals surface area contributed by atoms with Crippen molar-refractivity contribution in [1.82, 2.24) is 29.9 Å². The molecule has 8 nitrogen and oxygen atoms in total. The van der Waals surface area contributed by atoms with Crippen LogP contribution in [-0.4, -0.2) is 43.0 Å². The molecule has 0 radical (unpaired) electrons. The number of benzene rings is 2. The minimum absolute atomic E-state index is 0.172. The average Bonchev–Trinajstić information content (AvgIpc) is 3.69. The van der Waals surface area contributed by atoms with Gasteiger partial charge in [0.25, 0.3) is 0 Å². The fourth-order valence-electron chi connectivity index (χ4n) is 7.93. The van der Waals surface area contributed by atoms with Crippen LogP contribution in [0.4, 0.5) is 25.8 Å². The number of halogens is 5. The Morgan fingerprint density at radius 1 is 0.656 bits per heavy atom. The molecule has 0 amide bonds. The van der Waals surface area contributed by atoms with Crippen molar-refractivity contribution < 1.29 is 8.78 Å². The van der Waals surface area contributed by atoms with Crippen molar-refractivity contribution in [2.24, 2.45) is 0 Å². The number of aromatic nitrogens is 6. The number of rotatable bonds is 3. The van der Waals surface area contributed by atoms with E-state index in [0.717, 1.165) is 66.5 Å². The Kier molecular flexibility index (Phi) is 11.6. The summed E-state index contributed by atoms with van der Waals surface area (Å²) in [4.78, 5) is 29.3. The Morgan fingerprint density at radius 2 is 1.21 bits per heavy atom. The predicted molar refractivity (Wildman–Crippen MR) is 250 cm³/mol. The summed E-state index contributed by atoms with van der Waals surface area (Å²) in [5.74, 6) is -0.634. The van der Waals surface area contributed by atoms with Gasteiger partial charge in [-0.3, -0.25) is 19.9 Å². The second-order valence-electron chi connectivity index (χ2n) is 16.3. The summed E-state index contributed by atoms with van der Waals surface area (Å²) in [5, 5.41) is 4.62. The van der Waals surface area contributed by atoms with Crippen molar-refractivity contribution in [3.8, 4) is 22.8 Å². The maximum absolute atomic E-state index is 15.2. The molecule has 0 spiro atoms. The smallest absolute Gasteiger partial charge is 0.134 e. The third kappa shape index (κ3) is 8.21. The normalized spacial score (nSPS) is 14.4. The van der Waals surface area contributed by atoms with E-state index < -0.39 is 0 Å². The first-order valence-electron chi connectivity index (χ1n) is 19.6. The third-order valence-electron chi connectivity index (χ3n) is 10.9. The van der Waals surface area contributed by atoms with E-state index in [4.69, 9.17) is 16.6 Å². The molecule has 0 bridgehead atoms. The van der Waals surface area contributed by atoms with E-state index in [-0.39, 0.29) is 22.5 Å². The highest BCUT2D eigenvalue weighted by Gasteiger charge is 2.39. The molecule has 61 heavy (non-hydrogen) atoms. The quantitative estimate of drug-likeness (QED) is 0.187. The van der Waals surface area contributed by atoms with Crippen LogP contribution in [0.2, 0.25) is 5.02 Å². The van der Waals surface area contributed by atoms with Gasteiger partial charge in [-0.05, 0) is 112 Å². The van der Waals surface area contributed by atoms with Gasteiger partial charge in [-0.15, -0.1) is 0 Å². The number of hydrogen-bond acceptors (Lipinski definition) is 8. The zero-order valence-electron chi connectivity index (χ0n) is 34.3. The summed E-state index contributed by atoms with van der Waals surface area (Å²) in [6.45, 7) is 14.2. The number of pyridine rings is 6. The van der Waals surface area contributed by atoms with E-state index in [0.29, 0.717) is 39.1 Å². The van der Waals surface area contributed by atoms with Crippen LogP contribution in [0, 0.1) is 25.5 Å². The molecule has 1 N–H and O–H groups in total. The monoisotopic (exact) mass is 960 g/mol. The predicted octanol–water partition coefficient (Wildman–Crippen LogP) is 13.3. The summed E-state index contributed by atoms with van der Waals surface area (Å²) >= 11 is 13.2. The molecule has 0 saturated heterocycles. The van der Waals surface area contributed by atoms with Gasteiger partial charge in [0.15, 0.2) is 0 Å². The maximum Gasteiger partial charge on any atom is 0.134 e. The summed E-state index contributed by atoms with van der Waals surface area (Å²) < 4.78 is 30.9. The van der Waals surface area contributed by atoms with Crippen molar-refractivity contribution in [2.75, 3.05) is 23.3 Å². The molecular formula is C48H41Br2ClF2N8. The zero-order chi connectivity index (χ0) is 43.2. The molecule has 2 aromatic carbocycles. The molecule has 2 aliphatic heterocycles. The largest absolute Gasteiger partial charge is 0.383 e. The summed E-state index contributed by atoms with van der Waals surface area (Å²) in [7, 11) is 0. The standard InChI is InChI=1S/C24H20BrFN4.C15H10ClFN2.C9H11BrN2/c1-14-21(18-8-4-5-10-27-18)29-17-9-6-7-16(26)20(17)22(14)30-13-24(2,3)23-19(30)11-15(25)12-28-23;1-9-14(16)13-10(17)5-4-7-11(13)19-15(9)12-6-2-3-8-18-12;1-9(2)5-12-7-3-6(10)4-11-8(7)9/h4-12H,13H2,1-3H3;2-8H,1H3;3-4,12H,5H2,1-2H3. The van der Waals surface area contributed by atoms with E-state index in [9.17, 15) is 4.39 Å². The average molecular weight is 963 g/mol. The molecule has 8 aromatic rings. The van der Waals surface area contributed by atoms with Crippen molar-refractivity contribution >= 4 is 82.3 Å². The molecule has 0 unspecified atom stereocenters. The van der Waals surface area contributed by atoms with E-state index in [1.807, 2.05) is 68.7 Å². The van der Waals surface area contributed by atoms with Crippen LogP contribution in [0.25, 0.3) is 44.6 Å². The summed E-state index contributed by atoms with van der Waals surface area (Å²) in [6, 6.07) is 25.3. The second-order valence-corrected chi connectivity index (χ2v) is 18.5. The number of anilines is 3. The highest BCUT2D eigenvalue weighted by Crippen LogP contribution is 2.48. The van der Waals surface area contributed by atoms with E-state index >= 15 is 4.39 Å². The first-order chi connectivity index (χ1) is 29.1. The number of nitrogens with zero attached hydrogens (tertiary/aromatic N) is 7. The number of hydrogen-bond donors (Lipinski definition) is 1. The lowest BCUT2D eigenvalue weighted by Gasteiger charge is -2.26. The highest BCUT2D eigenvalue weighted by molar-refractivity contribution is 9.10. The van der Waals surface area contributed by atoms with Crippen molar-refractivity contribution in [1.29, 1.82) is 0 Å². The van der Waals surface area contributed by atoms with Crippen LogP contribution >= 0.6 is 43.5 Å². The molecule has 6 aromatic heterocycles. The first-order valence-corrected chi connectivity index (χ1v) is 21.6. The van der Waals surface area contributed by atoms with Gasteiger partial charge in [0.2, 0.25) is 0 Å². The molecule has 0 saturated carbocycles. The second kappa shape index (κ2) is 16.8. The Balaban J connectivity index is 0.000000141. The third-order valence-corrected chi connectivity index (χ3v) is 12.3. The fourth-order valence-corrected chi connectivity index (χ4v) is 8.86. The van der Waals surface area contributed by atoms with E-state index in [1.165, 1.54) is 17.8 Å². The molecule has 13 heteroatoms. The van der Waals surface area contributed by atoms with Gasteiger partial charge in [-0.1, -0.05) is 63.6 Å². The molecule has 0 atom stereocenters. The molecule has 0 aliphatic carbocycles. The van der Waals surface area contributed by atoms with Crippen LogP contribution in [0.5, 0.6) is 0 Å². The first kappa shape index (κ1) is 42.3. The zero-order valence-corrected chi connectivity index (χ0v) is 38.3. The molecule has 0 fully saturated rings. The summed E-state index contributed by atoms with van der Waals surface area (Å²) in [5.41, 5.74) is 10.9. The van der Waals surface area contributed by atoms with Gasteiger partial charge in [0.1, 0.15) is 11.6 Å². The topological polar surface area (TPSA) is 92.6 Å². The lowest BCUT2D eigenvalue weighted by Crippen LogP contribution is -2.26. The number of nitrogens with one attached hydrogen (secondary N) is 1.